The van der Waals surface area contributed by atoms with E-state index in [-0.39, 0.29) is 12.4 Å². The number of ether oxygens (including phenoxy) is 1. The summed E-state index contributed by atoms with van der Waals surface area (Å²) < 4.78 is 5.93. The molecule has 0 aliphatic heterocycles. The molecule has 2 rings (SSSR count). The minimum absolute atomic E-state index is 0.128. The van der Waals surface area contributed by atoms with E-state index in [4.69, 9.17) is 4.74 Å². The van der Waals surface area contributed by atoms with Gasteiger partial charge in [0.15, 0.2) is 0 Å². The Labute approximate surface area is 103 Å². The van der Waals surface area contributed by atoms with E-state index in [1.807, 2.05) is 18.2 Å². The van der Waals surface area contributed by atoms with Gasteiger partial charge >= 0.3 is 5.97 Å². The maximum Gasteiger partial charge on any atom is 0.317 e. The maximum atomic E-state index is 11.1. The zero-order valence-electron chi connectivity index (χ0n) is 9.40. The number of benzene rings is 1. The zero-order chi connectivity index (χ0) is 12.1. The Bertz CT molecular complexity index is 592. The second-order valence-corrected chi connectivity index (χ2v) is 4.20. The van der Waals surface area contributed by atoms with Crippen LogP contribution in [0.2, 0.25) is 0 Å². The SMILES string of the molecule is CCOC(=O)CC#Cc1ccc2scnc2c1. The van der Waals surface area contributed by atoms with Gasteiger partial charge in [0.1, 0.15) is 6.42 Å². The Morgan fingerprint density at radius 2 is 2.41 bits per heavy atom. The maximum absolute atomic E-state index is 11.1. The molecular weight excluding hydrogens is 234 g/mol. The molecule has 0 aliphatic rings. The predicted octanol–water partition coefficient (Wildman–Crippen LogP) is 2.60. The smallest absolute Gasteiger partial charge is 0.317 e. The first kappa shape index (κ1) is 11.6. The lowest BCUT2D eigenvalue weighted by Gasteiger charge is -1.94. The zero-order valence-corrected chi connectivity index (χ0v) is 10.2. The van der Waals surface area contributed by atoms with Crippen molar-refractivity contribution in [2.75, 3.05) is 6.61 Å². The van der Waals surface area contributed by atoms with Crippen LogP contribution in [0.3, 0.4) is 0 Å². The van der Waals surface area contributed by atoms with Crippen molar-refractivity contribution in [3.8, 4) is 11.8 Å². The van der Waals surface area contributed by atoms with Crippen LogP contribution in [0.25, 0.3) is 10.2 Å². The van der Waals surface area contributed by atoms with Crippen molar-refractivity contribution in [1.29, 1.82) is 0 Å². The summed E-state index contributed by atoms with van der Waals surface area (Å²) in [5.41, 5.74) is 3.62. The highest BCUT2D eigenvalue weighted by molar-refractivity contribution is 7.16. The molecule has 3 nitrogen and oxygen atoms in total. The molecule has 0 atom stereocenters. The van der Waals surface area contributed by atoms with Crippen LogP contribution in [0.5, 0.6) is 0 Å². The molecule has 0 saturated carbocycles. The fourth-order valence-electron chi connectivity index (χ4n) is 1.37. The molecule has 0 saturated heterocycles. The van der Waals surface area contributed by atoms with Crippen molar-refractivity contribution in [3.63, 3.8) is 0 Å². The van der Waals surface area contributed by atoms with E-state index in [0.717, 1.165) is 15.8 Å². The minimum atomic E-state index is -0.283. The van der Waals surface area contributed by atoms with Gasteiger partial charge in [-0.25, -0.2) is 4.98 Å². The van der Waals surface area contributed by atoms with E-state index in [9.17, 15) is 4.79 Å². The summed E-state index contributed by atoms with van der Waals surface area (Å²) in [5, 5.41) is 0. The number of fused-ring (bicyclic) bond motifs is 1. The molecule has 86 valence electrons. The molecule has 0 bridgehead atoms. The van der Waals surface area contributed by atoms with Crippen LogP contribution in [-0.4, -0.2) is 17.6 Å². The molecule has 1 aromatic heterocycles. The van der Waals surface area contributed by atoms with Gasteiger partial charge in [0, 0.05) is 5.56 Å². The first-order valence-electron chi connectivity index (χ1n) is 5.27. The molecule has 0 spiro atoms. The van der Waals surface area contributed by atoms with Crippen molar-refractivity contribution in [3.05, 3.63) is 29.3 Å². The lowest BCUT2D eigenvalue weighted by atomic mass is 10.2. The fourth-order valence-corrected chi connectivity index (χ4v) is 2.02. The molecule has 0 unspecified atom stereocenters. The first-order valence-corrected chi connectivity index (χ1v) is 6.15. The van der Waals surface area contributed by atoms with E-state index < -0.39 is 0 Å². The highest BCUT2D eigenvalue weighted by atomic mass is 32.1. The largest absolute Gasteiger partial charge is 0.465 e. The van der Waals surface area contributed by atoms with E-state index in [1.165, 1.54) is 0 Å². The number of hydrogen-bond acceptors (Lipinski definition) is 4. The van der Waals surface area contributed by atoms with Gasteiger partial charge in [-0.15, -0.1) is 11.3 Å². The molecule has 0 radical (unpaired) electrons. The Hall–Kier alpha value is -1.86. The van der Waals surface area contributed by atoms with Gasteiger partial charge < -0.3 is 4.74 Å². The number of aromatic nitrogens is 1. The monoisotopic (exact) mass is 245 g/mol. The molecule has 0 N–H and O–H groups in total. The van der Waals surface area contributed by atoms with Crippen LogP contribution >= 0.6 is 11.3 Å². The number of rotatable bonds is 2. The van der Waals surface area contributed by atoms with E-state index in [2.05, 4.69) is 16.8 Å². The lowest BCUT2D eigenvalue weighted by Crippen LogP contribution is -2.01. The molecule has 0 amide bonds. The molecule has 1 heterocycles. The number of nitrogens with zero attached hydrogens (tertiary/aromatic N) is 1. The molecule has 0 aliphatic carbocycles. The Morgan fingerprint density at radius 1 is 1.53 bits per heavy atom. The molecular formula is C13H11NO2S. The summed E-state index contributed by atoms with van der Waals surface area (Å²) in [6.45, 7) is 2.17. The Balaban J connectivity index is 2.07. The quantitative estimate of drug-likeness (QED) is 0.603. The van der Waals surface area contributed by atoms with Crippen molar-refractivity contribution in [2.45, 2.75) is 13.3 Å². The van der Waals surface area contributed by atoms with Crippen LogP contribution in [0.1, 0.15) is 18.9 Å². The summed E-state index contributed by atoms with van der Waals surface area (Å²) in [4.78, 5) is 15.3. The summed E-state index contributed by atoms with van der Waals surface area (Å²) >= 11 is 1.60. The first-order chi connectivity index (χ1) is 8.29. The molecule has 1 aromatic carbocycles. The van der Waals surface area contributed by atoms with E-state index in [0.29, 0.717) is 6.61 Å². The number of thiazole rings is 1. The Morgan fingerprint density at radius 3 is 3.24 bits per heavy atom. The van der Waals surface area contributed by atoms with Gasteiger partial charge in [-0.05, 0) is 25.1 Å². The average molecular weight is 245 g/mol. The highest BCUT2D eigenvalue weighted by Crippen LogP contribution is 2.18. The third kappa shape index (κ3) is 3.05. The van der Waals surface area contributed by atoms with Crippen molar-refractivity contribution in [2.24, 2.45) is 0 Å². The van der Waals surface area contributed by atoms with E-state index in [1.54, 1.807) is 23.8 Å². The van der Waals surface area contributed by atoms with Crippen LogP contribution in [-0.2, 0) is 9.53 Å². The van der Waals surface area contributed by atoms with Crippen LogP contribution in [0, 0.1) is 11.8 Å². The average Bonchev–Trinajstić information content (AvgIpc) is 2.76. The minimum Gasteiger partial charge on any atom is -0.465 e. The van der Waals surface area contributed by atoms with Crippen molar-refractivity contribution < 1.29 is 9.53 Å². The van der Waals surface area contributed by atoms with Gasteiger partial charge in [-0.2, -0.15) is 0 Å². The summed E-state index contributed by atoms with van der Waals surface area (Å²) in [5.74, 6) is 5.44. The van der Waals surface area contributed by atoms with Gasteiger partial charge in [-0.1, -0.05) is 11.8 Å². The summed E-state index contributed by atoms with van der Waals surface area (Å²) in [6, 6.07) is 5.84. The number of hydrogen-bond donors (Lipinski definition) is 0. The lowest BCUT2D eigenvalue weighted by molar-refractivity contribution is -0.141. The van der Waals surface area contributed by atoms with Gasteiger partial charge in [0.25, 0.3) is 0 Å². The second-order valence-electron chi connectivity index (χ2n) is 3.32. The van der Waals surface area contributed by atoms with Crippen molar-refractivity contribution >= 4 is 27.5 Å². The highest BCUT2D eigenvalue weighted by Gasteiger charge is 1.98. The third-order valence-corrected chi connectivity index (χ3v) is 2.91. The fraction of sp³-hybridized carbons (Fsp3) is 0.231. The number of carbonyl (C=O) groups excluding carboxylic acids is 1. The molecule has 17 heavy (non-hydrogen) atoms. The van der Waals surface area contributed by atoms with Crippen LogP contribution in [0.15, 0.2) is 23.7 Å². The molecule has 2 aromatic rings. The van der Waals surface area contributed by atoms with E-state index >= 15 is 0 Å². The van der Waals surface area contributed by atoms with Gasteiger partial charge in [0.2, 0.25) is 0 Å². The van der Waals surface area contributed by atoms with Gasteiger partial charge in [0.05, 0.1) is 22.3 Å². The standard InChI is InChI=1S/C13H11NO2S/c1-2-16-13(15)5-3-4-10-6-7-12-11(8-10)14-9-17-12/h6-9H,2,5H2,1H3. The number of esters is 1. The summed E-state index contributed by atoms with van der Waals surface area (Å²) in [6.07, 6.45) is 0.128. The van der Waals surface area contributed by atoms with Crippen molar-refractivity contribution in [1.82, 2.24) is 4.98 Å². The topological polar surface area (TPSA) is 39.2 Å². The second kappa shape index (κ2) is 5.46. The Kier molecular flexibility index (Phi) is 3.73. The normalized spacial score (nSPS) is 9.71. The predicted molar refractivity (Wildman–Crippen MR) is 67.7 cm³/mol. The molecule has 0 fully saturated rings. The summed E-state index contributed by atoms with van der Waals surface area (Å²) in [7, 11) is 0. The van der Waals surface area contributed by atoms with Crippen LogP contribution < -0.4 is 0 Å². The van der Waals surface area contributed by atoms with Crippen LogP contribution in [0.4, 0.5) is 0 Å². The third-order valence-electron chi connectivity index (χ3n) is 2.10. The number of carbonyl (C=O) groups is 1. The van der Waals surface area contributed by atoms with Gasteiger partial charge in [-0.3, -0.25) is 4.79 Å². The molecule has 4 heteroatoms.